The van der Waals surface area contributed by atoms with Gasteiger partial charge < -0.3 is 0 Å². The van der Waals surface area contributed by atoms with Gasteiger partial charge in [0.2, 0.25) is 5.28 Å². The summed E-state index contributed by atoms with van der Waals surface area (Å²) in [5.41, 5.74) is -1.37. The first-order valence-corrected chi connectivity index (χ1v) is 6.70. The van der Waals surface area contributed by atoms with Crippen LogP contribution in [0.5, 0.6) is 0 Å². The summed E-state index contributed by atoms with van der Waals surface area (Å²) in [7, 11) is 0. The van der Waals surface area contributed by atoms with Gasteiger partial charge in [0, 0.05) is 11.8 Å². The van der Waals surface area contributed by atoms with Crippen molar-refractivity contribution in [2.24, 2.45) is 0 Å². The number of imide groups is 1. The van der Waals surface area contributed by atoms with E-state index in [0.717, 1.165) is 11.1 Å². The average Bonchev–Trinajstić information content (AvgIpc) is 2.73. The lowest BCUT2D eigenvalue weighted by molar-refractivity contribution is -0.142. The molecule has 0 bridgehead atoms. The predicted molar refractivity (Wildman–Crippen MR) is 72.7 cm³/mol. The number of halogens is 4. The standard InChI is InChI=1S/C14H7ClF3N3O2/c15-13-19-5-7(10(20-13)14(16,17)18)6-21-11(22)8-3-1-2-4-9(8)12(21)23/h1-5H,6H2. The number of rotatable bonds is 2. The largest absolute Gasteiger partial charge is 0.433 e. The fraction of sp³-hybridized carbons (Fsp3) is 0.143. The van der Waals surface area contributed by atoms with Crippen molar-refractivity contribution in [3.05, 3.63) is 58.1 Å². The lowest BCUT2D eigenvalue weighted by atomic mass is 10.1. The van der Waals surface area contributed by atoms with Crippen LogP contribution in [0, 0.1) is 0 Å². The van der Waals surface area contributed by atoms with Gasteiger partial charge in [-0.3, -0.25) is 14.5 Å². The van der Waals surface area contributed by atoms with Gasteiger partial charge in [0.15, 0.2) is 5.69 Å². The zero-order chi connectivity index (χ0) is 16.8. The second-order valence-corrected chi connectivity index (χ2v) is 5.09. The van der Waals surface area contributed by atoms with Gasteiger partial charge in [0.05, 0.1) is 17.7 Å². The maximum atomic E-state index is 13.0. The van der Waals surface area contributed by atoms with E-state index in [4.69, 9.17) is 11.6 Å². The fourth-order valence-corrected chi connectivity index (χ4v) is 2.43. The van der Waals surface area contributed by atoms with Crippen LogP contribution < -0.4 is 0 Å². The summed E-state index contributed by atoms with van der Waals surface area (Å²) < 4.78 is 39.1. The predicted octanol–water partition coefficient (Wildman–Crippen LogP) is 2.95. The van der Waals surface area contributed by atoms with E-state index in [1.54, 1.807) is 12.1 Å². The van der Waals surface area contributed by atoms with Crippen molar-refractivity contribution < 1.29 is 22.8 Å². The first-order chi connectivity index (χ1) is 10.8. The molecule has 0 unspecified atom stereocenters. The topological polar surface area (TPSA) is 63.2 Å². The van der Waals surface area contributed by atoms with Crippen molar-refractivity contribution in [1.82, 2.24) is 14.9 Å². The summed E-state index contributed by atoms with van der Waals surface area (Å²) in [5.74, 6) is -1.32. The maximum absolute atomic E-state index is 13.0. The molecule has 1 aromatic heterocycles. The molecule has 0 aliphatic carbocycles. The Morgan fingerprint density at radius 1 is 1.09 bits per heavy atom. The van der Waals surface area contributed by atoms with E-state index >= 15 is 0 Å². The van der Waals surface area contributed by atoms with Crippen LogP contribution >= 0.6 is 11.6 Å². The van der Waals surface area contributed by atoms with Gasteiger partial charge >= 0.3 is 6.18 Å². The number of carbonyl (C=O) groups is 2. The van der Waals surface area contributed by atoms with Crippen molar-refractivity contribution in [3.63, 3.8) is 0 Å². The highest BCUT2D eigenvalue weighted by molar-refractivity contribution is 6.28. The number of alkyl halides is 3. The summed E-state index contributed by atoms with van der Waals surface area (Å²) in [6, 6.07) is 6.03. The molecule has 9 heteroatoms. The van der Waals surface area contributed by atoms with Crippen molar-refractivity contribution in [3.8, 4) is 0 Å². The van der Waals surface area contributed by atoms with Gasteiger partial charge in [0.25, 0.3) is 11.8 Å². The van der Waals surface area contributed by atoms with Gasteiger partial charge in [-0.15, -0.1) is 0 Å². The van der Waals surface area contributed by atoms with E-state index in [2.05, 4.69) is 9.97 Å². The molecule has 2 amide bonds. The number of aromatic nitrogens is 2. The molecular weight excluding hydrogens is 335 g/mol. The minimum atomic E-state index is -4.78. The maximum Gasteiger partial charge on any atom is 0.433 e. The Kier molecular flexibility index (Phi) is 3.56. The third-order valence-electron chi connectivity index (χ3n) is 3.31. The number of amides is 2. The van der Waals surface area contributed by atoms with E-state index in [1.165, 1.54) is 12.1 Å². The third kappa shape index (κ3) is 2.65. The zero-order valence-corrected chi connectivity index (χ0v) is 12.0. The highest BCUT2D eigenvalue weighted by atomic mass is 35.5. The molecule has 0 fully saturated rings. The molecule has 1 aromatic carbocycles. The lowest BCUT2D eigenvalue weighted by Crippen LogP contribution is -2.30. The Balaban J connectivity index is 1.99. The van der Waals surface area contributed by atoms with E-state index in [1.807, 2.05) is 0 Å². The Morgan fingerprint density at radius 3 is 2.17 bits per heavy atom. The van der Waals surface area contributed by atoms with Crippen LogP contribution in [0.2, 0.25) is 5.28 Å². The van der Waals surface area contributed by atoms with Crippen molar-refractivity contribution in [2.75, 3.05) is 0 Å². The number of carbonyl (C=O) groups excluding carboxylic acids is 2. The molecular formula is C14H7ClF3N3O2. The SMILES string of the molecule is O=C1c2ccccc2C(=O)N1Cc1cnc(Cl)nc1C(F)(F)F. The molecule has 0 atom stereocenters. The van der Waals surface area contributed by atoms with Crippen LogP contribution in [-0.4, -0.2) is 26.7 Å². The second-order valence-electron chi connectivity index (χ2n) is 4.75. The molecule has 0 saturated heterocycles. The average molecular weight is 342 g/mol. The monoisotopic (exact) mass is 341 g/mol. The van der Waals surface area contributed by atoms with E-state index in [9.17, 15) is 22.8 Å². The molecule has 0 radical (unpaired) electrons. The molecule has 2 heterocycles. The quantitative estimate of drug-likeness (QED) is 0.622. The summed E-state index contributed by atoms with van der Waals surface area (Å²) in [6.07, 6.45) is -3.91. The zero-order valence-electron chi connectivity index (χ0n) is 11.3. The summed E-state index contributed by atoms with van der Waals surface area (Å²) in [6.45, 7) is -0.585. The Hall–Kier alpha value is -2.48. The molecule has 5 nitrogen and oxygen atoms in total. The number of hydrogen-bond acceptors (Lipinski definition) is 4. The van der Waals surface area contributed by atoms with Crippen LogP contribution in [-0.2, 0) is 12.7 Å². The molecule has 0 saturated carbocycles. The molecule has 23 heavy (non-hydrogen) atoms. The summed E-state index contributed by atoms with van der Waals surface area (Å²) in [5, 5.41) is -0.566. The van der Waals surface area contributed by atoms with E-state index < -0.39 is 41.1 Å². The highest BCUT2D eigenvalue weighted by Gasteiger charge is 2.40. The number of hydrogen-bond donors (Lipinski definition) is 0. The van der Waals surface area contributed by atoms with Gasteiger partial charge in [-0.05, 0) is 23.7 Å². The van der Waals surface area contributed by atoms with Gasteiger partial charge in [-0.25, -0.2) is 9.97 Å². The number of benzene rings is 1. The van der Waals surface area contributed by atoms with Gasteiger partial charge in [-0.2, -0.15) is 13.2 Å². The first-order valence-electron chi connectivity index (χ1n) is 6.33. The fourth-order valence-electron chi connectivity index (χ4n) is 2.30. The van der Waals surface area contributed by atoms with Gasteiger partial charge in [-0.1, -0.05) is 12.1 Å². The molecule has 0 spiro atoms. The Morgan fingerprint density at radius 2 is 1.65 bits per heavy atom. The van der Waals surface area contributed by atoms with Crippen LogP contribution in [0.4, 0.5) is 13.2 Å². The summed E-state index contributed by atoms with van der Waals surface area (Å²) in [4.78, 5) is 31.8. The van der Waals surface area contributed by atoms with Crippen molar-refractivity contribution in [1.29, 1.82) is 0 Å². The third-order valence-corrected chi connectivity index (χ3v) is 3.49. The van der Waals surface area contributed by atoms with E-state index in [0.29, 0.717) is 0 Å². The highest BCUT2D eigenvalue weighted by Crippen LogP contribution is 2.32. The molecule has 1 aliphatic heterocycles. The number of fused-ring (bicyclic) bond motifs is 1. The smallest absolute Gasteiger partial charge is 0.270 e. The molecule has 0 N–H and O–H groups in total. The lowest BCUT2D eigenvalue weighted by Gasteiger charge is -2.17. The van der Waals surface area contributed by atoms with Crippen LogP contribution in [0.25, 0.3) is 0 Å². The minimum absolute atomic E-state index is 0.154. The minimum Gasteiger partial charge on any atom is -0.270 e. The molecule has 2 aromatic rings. The summed E-state index contributed by atoms with van der Waals surface area (Å²) >= 11 is 5.40. The Bertz CT molecular complexity index is 788. The van der Waals surface area contributed by atoms with Crippen molar-refractivity contribution >= 4 is 23.4 Å². The van der Waals surface area contributed by atoms with Crippen LogP contribution in [0.1, 0.15) is 32.0 Å². The van der Waals surface area contributed by atoms with Crippen molar-refractivity contribution in [2.45, 2.75) is 12.7 Å². The second kappa shape index (κ2) is 5.31. The number of nitrogens with zero attached hydrogens (tertiary/aromatic N) is 3. The van der Waals surface area contributed by atoms with Crippen LogP contribution in [0.15, 0.2) is 30.5 Å². The normalized spacial score (nSPS) is 14.3. The molecule has 118 valence electrons. The molecule has 1 aliphatic rings. The first kappa shape index (κ1) is 15.4. The van der Waals surface area contributed by atoms with E-state index in [-0.39, 0.29) is 11.1 Å². The molecule has 3 rings (SSSR count). The van der Waals surface area contributed by atoms with Crippen LogP contribution in [0.3, 0.4) is 0 Å². The van der Waals surface area contributed by atoms with Gasteiger partial charge in [0.1, 0.15) is 0 Å². The Labute approximate surface area is 132 Å².